The number of aromatic nitrogens is 1. The van der Waals surface area contributed by atoms with E-state index in [4.69, 9.17) is 0 Å². The molecule has 1 saturated heterocycles. The van der Waals surface area contributed by atoms with Gasteiger partial charge in [0.1, 0.15) is 11.6 Å². The van der Waals surface area contributed by atoms with Crippen molar-refractivity contribution in [1.82, 2.24) is 9.99 Å². The molecule has 152 valence electrons. The van der Waals surface area contributed by atoms with Gasteiger partial charge in [0.15, 0.2) is 0 Å². The Balaban J connectivity index is 1.97. The Morgan fingerprint density at radius 1 is 1.14 bits per heavy atom. The van der Waals surface area contributed by atoms with E-state index in [1.807, 2.05) is 0 Å². The molecule has 0 spiro atoms. The summed E-state index contributed by atoms with van der Waals surface area (Å²) in [5, 5.41) is 1.79. The first-order chi connectivity index (χ1) is 12.9. The van der Waals surface area contributed by atoms with Crippen molar-refractivity contribution >= 4 is 23.5 Å². The molecule has 0 aliphatic carbocycles. The van der Waals surface area contributed by atoms with Crippen LogP contribution < -0.4 is 9.91 Å². The highest BCUT2D eigenvalue weighted by molar-refractivity contribution is 6.16. The molecule has 11 heteroatoms. The van der Waals surface area contributed by atoms with Crippen LogP contribution in [0.15, 0.2) is 23.8 Å². The van der Waals surface area contributed by atoms with Crippen molar-refractivity contribution in [2.24, 2.45) is 0 Å². The van der Waals surface area contributed by atoms with Gasteiger partial charge in [-0.25, -0.2) is 13.8 Å². The molecule has 1 aromatic rings. The normalized spacial score (nSPS) is 19.9. The van der Waals surface area contributed by atoms with Crippen LogP contribution in [-0.2, 0) is 15.8 Å². The SMILES string of the molecule is CC1=CC(=O)N(N(C)c2ccc(C(F)(F)F)c(N3CCC(F)(F)CC3)n2)C1=O. The summed E-state index contributed by atoms with van der Waals surface area (Å²) < 4.78 is 67.0. The van der Waals surface area contributed by atoms with Crippen molar-refractivity contribution in [2.45, 2.75) is 31.9 Å². The molecular formula is C17H17F5N4O2. The van der Waals surface area contributed by atoms with Gasteiger partial charge in [0.25, 0.3) is 17.7 Å². The number of hydrazine groups is 1. The van der Waals surface area contributed by atoms with Gasteiger partial charge in [0.05, 0.1) is 5.56 Å². The molecule has 2 aliphatic heterocycles. The topological polar surface area (TPSA) is 56.8 Å². The molecule has 0 radical (unpaired) electrons. The summed E-state index contributed by atoms with van der Waals surface area (Å²) in [6, 6.07) is 1.80. The first kappa shape index (κ1) is 20.0. The second-order valence-electron chi connectivity index (χ2n) is 6.69. The fourth-order valence-corrected chi connectivity index (χ4v) is 3.09. The molecule has 0 atom stereocenters. The third-order valence-electron chi connectivity index (χ3n) is 4.67. The average Bonchev–Trinajstić information content (AvgIpc) is 2.85. The summed E-state index contributed by atoms with van der Waals surface area (Å²) in [5.41, 5.74) is -0.884. The van der Waals surface area contributed by atoms with Crippen molar-refractivity contribution in [1.29, 1.82) is 0 Å². The van der Waals surface area contributed by atoms with Gasteiger partial charge < -0.3 is 4.90 Å². The molecule has 0 N–H and O–H groups in total. The number of carbonyl (C=O) groups is 2. The molecule has 0 unspecified atom stereocenters. The Morgan fingerprint density at radius 3 is 2.25 bits per heavy atom. The molecule has 2 amide bonds. The minimum atomic E-state index is -4.74. The number of carbonyl (C=O) groups excluding carboxylic acids is 2. The monoisotopic (exact) mass is 404 g/mol. The van der Waals surface area contributed by atoms with Gasteiger partial charge in [0.2, 0.25) is 0 Å². The van der Waals surface area contributed by atoms with E-state index in [2.05, 4.69) is 4.98 Å². The van der Waals surface area contributed by atoms with Crippen LogP contribution in [-0.4, -0.2) is 47.9 Å². The molecule has 0 saturated carbocycles. The fraction of sp³-hybridized carbons (Fsp3) is 0.471. The quantitative estimate of drug-likeness (QED) is 0.573. The minimum Gasteiger partial charge on any atom is -0.356 e. The summed E-state index contributed by atoms with van der Waals surface area (Å²) >= 11 is 0. The highest BCUT2D eigenvalue weighted by Gasteiger charge is 2.41. The number of amides is 2. The number of rotatable bonds is 3. The van der Waals surface area contributed by atoms with Crippen molar-refractivity contribution in [3.8, 4) is 0 Å². The van der Waals surface area contributed by atoms with Crippen LogP contribution in [0.1, 0.15) is 25.3 Å². The van der Waals surface area contributed by atoms with Crippen LogP contribution in [0.25, 0.3) is 0 Å². The van der Waals surface area contributed by atoms with E-state index in [0.717, 1.165) is 33.1 Å². The lowest BCUT2D eigenvalue weighted by Gasteiger charge is -2.35. The number of halogens is 5. The molecule has 1 aromatic heterocycles. The molecule has 0 aromatic carbocycles. The van der Waals surface area contributed by atoms with Crippen molar-refractivity contribution in [3.63, 3.8) is 0 Å². The van der Waals surface area contributed by atoms with E-state index < -0.39 is 48.1 Å². The highest BCUT2D eigenvalue weighted by atomic mass is 19.4. The van der Waals surface area contributed by atoms with E-state index >= 15 is 0 Å². The molecule has 3 rings (SSSR count). The van der Waals surface area contributed by atoms with Gasteiger partial charge in [-0.1, -0.05) is 0 Å². The molecule has 6 nitrogen and oxygen atoms in total. The summed E-state index contributed by atoms with van der Waals surface area (Å²) in [7, 11) is 1.31. The molecular weight excluding hydrogens is 387 g/mol. The second kappa shape index (κ2) is 6.71. The largest absolute Gasteiger partial charge is 0.419 e. The zero-order valence-corrected chi connectivity index (χ0v) is 15.1. The van der Waals surface area contributed by atoms with Crippen LogP contribution in [0.4, 0.5) is 33.6 Å². The van der Waals surface area contributed by atoms with Gasteiger partial charge >= 0.3 is 6.18 Å². The number of hydrogen-bond acceptors (Lipinski definition) is 5. The number of piperidine rings is 1. The molecule has 0 bridgehead atoms. The van der Waals surface area contributed by atoms with Crippen molar-refractivity contribution in [3.05, 3.63) is 29.3 Å². The maximum atomic E-state index is 13.4. The summed E-state index contributed by atoms with van der Waals surface area (Å²) in [5.74, 6) is -4.79. The third-order valence-corrected chi connectivity index (χ3v) is 4.67. The first-order valence-corrected chi connectivity index (χ1v) is 8.42. The summed E-state index contributed by atoms with van der Waals surface area (Å²) in [6.45, 7) is 0.852. The van der Waals surface area contributed by atoms with Gasteiger partial charge in [-0.05, 0) is 19.1 Å². The standard InChI is InChI=1S/C17H17F5N4O2/c1-10-9-13(27)26(15(10)28)24(2)12-4-3-11(17(20,21)22)14(23-12)25-7-5-16(18,19)6-8-25/h3-4,9H,5-8H2,1-2H3. The smallest absolute Gasteiger partial charge is 0.356 e. The molecule has 3 heterocycles. The van der Waals surface area contributed by atoms with Crippen LogP contribution >= 0.6 is 0 Å². The number of pyridine rings is 1. The van der Waals surface area contributed by atoms with Gasteiger partial charge in [-0.3, -0.25) is 14.6 Å². The predicted molar refractivity (Wildman–Crippen MR) is 89.6 cm³/mol. The van der Waals surface area contributed by atoms with E-state index in [1.165, 1.54) is 14.0 Å². The van der Waals surface area contributed by atoms with E-state index in [1.54, 1.807) is 0 Å². The number of nitrogens with zero attached hydrogens (tertiary/aromatic N) is 4. The zero-order chi connectivity index (χ0) is 20.9. The van der Waals surface area contributed by atoms with Crippen LogP contribution in [0.5, 0.6) is 0 Å². The lowest BCUT2D eigenvalue weighted by molar-refractivity contribution is -0.139. The summed E-state index contributed by atoms with van der Waals surface area (Å²) in [6.07, 6.45) is -4.80. The van der Waals surface area contributed by atoms with Gasteiger partial charge in [-0.2, -0.15) is 18.2 Å². The maximum Gasteiger partial charge on any atom is 0.419 e. The van der Waals surface area contributed by atoms with E-state index in [9.17, 15) is 31.5 Å². The molecule has 1 fully saturated rings. The highest BCUT2D eigenvalue weighted by Crippen LogP contribution is 2.39. The van der Waals surface area contributed by atoms with Gasteiger partial charge in [0, 0.05) is 44.6 Å². The van der Waals surface area contributed by atoms with Crippen molar-refractivity contribution in [2.75, 3.05) is 30.0 Å². The van der Waals surface area contributed by atoms with Crippen LogP contribution in [0, 0.1) is 0 Å². The number of imide groups is 1. The Morgan fingerprint density at radius 2 is 1.75 bits per heavy atom. The Bertz CT molecular complexity index is 842. The molecule has 2 aliphatic rings. The predicted octanol–water partition coefficient (Wildman–Crippen LogP) is 3.00. The van der Waals surface area contributed by atoms with Crippen molar-refractivity contribution < 1.29 is 31.5 Å². The zero-order valence-electron chi connectivity index (χ0n) is 15.1. The Kier molecular flexibility index (Phi) is 4.80. The lowest BCUT2D eigenvalue weighted by atomic mass is 10.1. The van der Waals surface area contributed by atoms with Gasteiger partial charge in [-0.15, -0.1) is 0 Å². The Hall–Kier alpha value is -2.72. The minimum absolute atomic E-state index is 0.0925. The van der Waals surface area contributed by atoms with Crippen LogP contribution in [0.3, 0.4) is 0 Å². The summed E-state index contributed by atoms with van der Waals surface area (Å²) in [4.78, 5) is 29.2. The number of hydrogen-bond donors (Lipinski definition) is 0. The number of alkyl halides is 5. The Labute approximate surface area is 157 Å². The number of anilines is 2. The fourth-order valence-electron chi connectivity index (χ4n) is 3.09. The van der Waals surface area contributed by atoms with E-state index in [-0.39, 0.29) is 24.5 Å². The lowest BCUT2D eigenvalue weighted by Crippen LogP contribution is -2.45. The maximum absolute atomic E-state index is 13.4. The second-order valence-corrected chi connectivity index (χ2v) is 6.69. The van der Waals surface area contributed by atoms with E-state index in [0.29, 0.717) is 0 Å². The van der Waals surface area contributed by atoms with Crippen LogP contribution in [0.2, 0.25) is 0 Å². The first-order valence-electron chi connectivity index (χ1n) is 8.42. The molecule has 28 heavy (non-hydrogen) atoms. The average molecular weight is 404 g/mol. The third kappa shape index (κ3) is 3.65.